The van der Waals surface area contributed by atoms with Crippen LogP contribution in [-0.2, 0) is 9.53 Å². The van der Waals surface area contributed by atoms with Gasteiger partial charge in [0.15, 0.2) is 0 Å². The van der Waals surface area contributed by atoms with Gasteiger partial charge in [-0.2, -0.15) is 0 Å². The molecule has 0 aromatic carbocycles. The highest BCUT2D eigenvalue weighted by Crippen LogP contribution is 2.67. The number of hydrogen-bond donors (Lipinski definition) is 1. The summed E-state index contributed by atoms with van der Waals surface area (Å²) in [6.45, 7) is 13.7. The third-order valence-corrected chi connectivity index (χ3v) is 10.6. The molecule has 0 aliphatic heterocycles. The largest absolute Gasteiger partial charge is 0.462 e. The maximum Gasteiger partial charge on any atom is 0.302 e. The number of ether oxygens (including phenoxy) is 1. The Morgan fingerprint density at radius 2 is 1.88 bits per heavy atom. The van der Waals surface area contributed by atoms with Crippen LogP contribution in [0.1, 0.15) is 106 Å². The highest BCUT2D eigenvalue weighted by atomic mass is 16.5. The van der Waals surface area contributed by atoms with Crippen LogP contribution in [0.2, 0.25) is 0 Å². The molecule has 0 saturated heterocycles. The molecule has 0 amide bonds. The molecule has 0 aromatic rings. The van der Waals surface area contributed by atoms with Crippen molar-refractivity contribution in [3.8, 4) is 0 Å². The summed E-state index contributed by atoms with van der Waals surface area (Å²) in [6, 6.07) is 0. The van der Waals surface area contributed by atoms with Crippen LogP contribution in [0, 0.1) is 46.3 Å². The Morgan fingerprint density at radius 3 is 2.55 bits per heavy atom. The predicted molar refractivity (Wildman–Crippen MR) is 133 cm³/mol. The molecule has 4 aliphatic rings. The van der Waals surface area contributed by atoms with Gasteiger partial charge in [0.05, 0.1) is 5.71 Å². The highest BCUT2D eigenvalue weighted by Gasteiger charge is 2.61. The Kier molecular flexibility index (Phi) is 7.05. The van der Waals surface area contributed by atoms with E-state index in [1.54, 1.807) is 0 Å². The normalized spacial score (nSPS) is 42.3. The molecule has 0 bridgehead atoms. The molecule has 4 nitrogen and oxygen atoms in total. The molecule has 3 saturated carbocycles. The van der Waals surface area contributed by atoms with Gasteiger partial charge in [0.2, 0.25) is 0 Å². The van der Waals surface area contributed by atoms with Gasteiger partial charge in [-0.3, -0.25) is 4.79 Å². The third-order valence-electron chi connectivity index (χ3n) is 10.6. The minimum absolute atomic E-state index is 0.0327. The minimum Gasteiger partial charge on any atom is -0.462 e. The van der Waals surface area contributed by atoms with Gasteiger partial charge in [-0.1, -0.05) is 64.6 Å². The number of carbonyl (C=O) groups is 1. The van der Waals surface area contributed by atoms with E-state index in [0.717, 1.165) is 42.7 Å². The molecule has 0 heterocycles. The second-order valence-electron chi connectivity index (χ2n) is 12.9. The van der Waals surface area contributed by atoms with Crippen molar-refractivity contribution in [2.24, 2.45) is 51.5 Å². The Hall–Kier alpha value is -1.32. The lowest BCUT2D eigenvalue weighted by molar-refractivity contribution is -0.148. The van der Waals surface area contributed by atoms with Crippen molar-refractivity contribution in [2.75, 3.05) is 0 Å². The van der Waals surface area contributed by atoms with Gasteiger partial charge >= 0.3 is 5.97 Å². The van der Waals surface area contributed by atoms with Gasteiger partial charge in [-0.15, -0.1) is 0 Å². The molecule has 4 heteroatoms. The Morgan fingerprint density at radius 1 is 1.12 bits per heavy atom. The number of hydrogen-bond acceptors (Lipinski definition) is 4. The van der Waals surface area contributed by atoms with Crippen molar-refractivity contribution in [2.45, 2.75) is 112 Å². The van der Waals surface area contributed by atoms with Crippen molar-refractivity contribution in [1.82, 2.24) is 0 Å². The number of esters is 1. The molecule has 4 aliphatic carbocycles. The summed E-state index contributed by atoms with van der Waals surface area (Å²) in [5, 5.41) is 14.0. The van der Waals surface area contributed by atoms with Crippen LogP contribution in [0.15, 0.2) is 16.8 Å². The average Bonchev–Trinajstić information content (AvgIpc) is 3.10. The molecule has 1 N–H and O–H groups in total. The molecular weight excluding hydrogens is 410 g/mol. The third kappa shape index (κ3) is 4.41. The lowest BCUT2D eigenvalue weighted by atomic mass is 9.46. The first-order valence-corrected chi connectivity index (χ1v) is 13.7. The zero-order valence-electron chi connectivity index (χ0n) is 21.9. The number of allylic oxidation sites excluding steroid dienone is 1. The zero-order valence-corrected chi connectivity index (χ0v) is 21.9. The smallest absolute Gasteiger partial charge is 0.302 e. The molecule has 0 unspecified atom stereocenters. The highest BCUT2D eigenvalue weighted by molar-refractivity contribution is 5.99. The van der Waals surface area contributed by atoms with Crippen molar-refractivity contribution in [3.63, 3.8) is 0 Å². The summed E-state index contributed by atoms with van der Waals surface area (Å²) in [7, 11) is 0. The standard InChI is InChI=1S/C29H47NO3/c1-18(2)8-7-9-19(3)23-10-11-24-27-25(13-15-29(23,24)6)28(5)14-12-22(33-20(4)31)16-21(28)17-26(27)30-32/h17-19,22-25,27,32H,7-16H2,1-6H3/b30-26+/t19-,22+,23-,24+,25+,27+,28+,29-/m1/s1. The maximum atomic E-state index is 11.5. The molecule has 4 rings (SSSR count). The van der Waals surface area contributed by atoms with E-state index < -0.39 is 0 Å². The van der Waals surface area contributed by atoms with Crippen molar-refractivity contribution < 1.29 is 14.7 Å². The fourth-order valence-corrected chi connectivity index (χ4v) is 8.85. The predicted octanol–water partition coefficient (Wildman–Crippen LogP) is 7.40. The van der Waals surface area contributed by atoms with E-state index in [4.69, 9.17) is 4.74 Å². The first-order valence-electron chi connectivity index (χ1n) is 13.7. The summed E-state index contributed by atoms with van der Waals surface area (Å²) in [5.41, 5.74) is 2.73. The van der Waals surface area contributed by atoms with Gasteiger partial charge in [0.1, 0.15) is 6.10 Å². The van der Waals surface area contributed by atoms with E-state index in [1.807, 2.05) is 0 Å². The van der Waals surface area contributed by atoms with E-state index >= 15 is 0 Å². The summed E-state index contributed by atoms with van der Waals surface area (Å²) >= 11 is 0. The van der Waals surface area contributed by atoms with Crippen LogP contribution < -0.4 is 0 Å². The first kappa shape index (κ1) is 24.8. The number of carbonyl (C=O) groups excluding carboxylic acids is 1. The monoisotopic (exact) mass is 457 g/mol. The molecule has 8 atom stereocenters. The van der Waals surface area contributed by atoms with Gasteiger partial charge < -0.3 is 9.94 Å². The first-order chi connectivity index (χ1) is 15.6. The van der Waals surface area contributed by atoms with Gasteiger partial charge in [-0.25, -0.2) is 0 Å². The Balaban J connectivity index is 1.56. The van der Waals surface area contributed by atoms with Crippen LogP contribution in [-0.4, -0.2) is 23.0 Å². The summed E-state index contributed by atoms with van der Waals surface area (Å²) < 4.78 is 5.58. The van der Waals surface area contributed by atoms with E-state index in [0.29, 0.717) is 23.2 Å². The molecule has 0 radical (unpaired) electrons. The van der Waals surface area contributed by atoms with Crippen LogP contribution in [0.25, 0.3) is 0 Å². The number of nitrogens with zero attached hydrogens (tertiary/aromatic N) is 1. The molecule has 3 fully saturated rings. The van der Waals surface area contributed by atoms with E-state index in [-0.39, 0.29) is 17.5 Å². The molecule has 0 spiro atoms. The molecular formula is C29H47NO3. The van der Waals surface area contributed by atoms with Crippen molar-refractivity contribution in [1.29, 1.82) is 0 Å². The lowest BCUT2D eigenvalue weighted by Crippen LogP contribution is -2.54. The van der Waals surface area contributed by atoms with Crippen LogP contribution in [0.5, 0.6) is 0 Å². The molecule has 186 valence electrons. The SMILES string of the molecule is CC(=O)O[C@H]1CC[C@@]2(C)C(=C/C(=N\O)[C@H]3[C@@H]4CC[C@H]([C@H](C)CCCC(C)C)[C@@]4(C)CC[C@@H]32)C1. The summed E-state index contributed by atoms with van der Waals surface area (Å²) in [4.78, 5) is 11.5. The van der Waals surface area contributed by atoms with Crippen LogP contribution in [0.4, 0.5) is 0 Å². The van der Waals surface area contributed by atoms with Crippen LogP contribution >= 0.6 is 0 Å². The van der Waals surface area contributed by atoms with Crippen LogP contribution in [0.3, 0.4) is 0 Å². The fourth-order valence-electron chi connectivity index (χ4n) is 8.85. The Bertz CT molecular complexity index is 801. The number of rotatable bonds is 6. The minimum atomic E-state index is -0.193. The van der Waals surface area contributed by atoms with Crippen molar-refractivity contribution in [3.05, 3.63) is 11.6 Å². The topological polar surface area (TPSA) is 58.9 Å². The summed E-state index contributed by atoms with van der Waals surface area (Å²) in [5.74, 6) is 3.67. The second kappa shape index (κ2) is 9.38. The van der Waals surface area contributed by atoms with Gasteiger partial charge in [0.25, 0.3) is 0 Å². The van der Waals surface area contributed by atoms with E-state index in [9.17, 15) is 10.0 Å². The van der Waals surface area contributed by atoms with Gasteiger partial charge in [0, 0.05) is 19.3 Å². The number of oxime groups is 1. The lowest BCUT2D eigenvalue weighted by Gasteiger charge is -2.58. The second-order valence-corrected chi connectivity index (χ2v) is 12.9. The zero-order chi connectivity index (χ0) is 24.0. The maximum absolute atomic E-state index is 11.5. The van der Waals surface area contributed by atoms with Gasteiger partial charge in [-0.05, 0) is 85.0 Å². The fraction of sp³-hybridized carbons (Fsp3) is 0.862. The quantitative estimate of drug-likeness (QED) is 0.257. The van der Waals surface area contributed by atoms with Crippen molar-refractivity contribution >= 4 is 11.7 Å². The molecule has 33 heavy (non-hydrogen) atoms. The summed E-state index contributed by atoms with van der Waals surface area (Å²) in [6.07, 6.45) is 14.1. The van der Waals surface area contributed by atoms with E-state index in [1.165, 1.54) is 57.4 Å². The van der Waals surface area contributed by atoms with E-state index in [2.05, 4.69) is 45.9 Å². The Labute approximate surface area is 201 Å². The average molecular weight is 458 g/mol. The molecule has 0 aromatic heterocycles. The number of fused-ring (bicyclic) bond motifs is 5.